The summed E-state index contributed by atoms with van der Waals surface area (Å²) in [5.41, 5.74) is 5.98. The van der Waals surface area contributed by atoms with Gasteiger partial charge in [0.1, 0.15) is 12.4 Å². The second-order valence-corrected chi connectivity index (χ2v) is 3.36. The fraction of sp³-hybridized carbons (Fsp3) is 0.364. The molecule has 0 saturated heterocycles. The Bertz CT molecular complexity index is 325. The van der Waals surface area contributed by atoms with Crippen LogP contribution in [-0.2, 0) is 16.1 Å². The molecule has 0 radical (unpaired) electrons. The summed E-state index contributed by atoms with van der Waals surface area (Å²) < 4.78 is 4.98. The van der Waals surface area contributed by atoms with Crippen LogP contribution < -0.4 is 11.1 Å². The van der Waals surface area contributed by atoms with Gasteiger partial charge in [-0.05, 0) is 17.7 Å². The van der Waals surface area contributed by atoms with E-state index in [1.54, 1.807) is 12.1 Å². The monoisotopic (exact) mass is 224 g/mol. The molecular formula is C11H16N2O3. The van der Waals surface area contributed by atoms with Crippen molar-refractivity contribution >= 4 is 5.91 Å². The summed E-state index contributed by atoms with van der Waals surface area (Å²) in [4.78, 5) is 10.3. The smallest absolute Gasteiger partial charge is 0.243 e. The summed E-state index contributed by atoms with van der Waals surface area (Å²) in [6.45, 7) is 1.75. The normalized spacial score (nSPS) is 10.2. The number of rotatable bonds is 7. The van der Waals surface area contributed by atoms with Gasteiger partial charge in [0, 0.05) is 13.1 Å². The minimum atomic E-state index is -0.460. The van der Waals surface area contributed by atoms with Crippen LogP contribution in [0.3, 0.4) is 0 Å². The third kappa shape index (κ3) is 5.33. The van der Waals surface area contributed by atoms with E-state index in [4.69, 9.17) is 15.6 Å². The number of aromatic hydroxyl groups is 1. The molecule has 0 saturated carbocycles. The predicted octanol–water partition coefficient (Wildman–Crippen LogP) is -0.0163. The molecule has 16 heavy (non-hydrogen) atoms. The molecule has 0 unspecified atom stereocenters. The number of amides is 1. The molecule has 1 aromatic rings. The van der Waals surface area contributed by atoms with Crippen molar-refractivity contribution < 1.29 is 14.6 Å². The van der Waals surface area contributed by atoms with Gasteiger partial charge in [0.25, 0.3) is 0 Å². The molecule has 5 heteroatoms. The van der Waals surface area contributed by atoms with Crippen molar-refractivity contribution in [1.82, 2.24) is 5.32 Å². The van der Waals surface area contributed by atoms with Gasteiger partial charge >= 0.3 is 0 Å². The molecule has 1 amide bonds. The third-order valence-electron chi connectivity index (χ3n) is 1.93. The maximum atomic E-state index is 10.3. The van der Waals surface area contributed by atoms with Crippen LogP contribution in [0.5, 0.6) is 5.75 Å². The first kappa shape index (κ1) is 12.5. The zero-order valence-electron chi connectivity index (χ0n) is 8.98. The lowest BCUT2D eigenvalue weighted by Gasteiger charge is -2.05. The van der Waals surface area contributed by atoms with Gasteiger partial charge in [-0.25, -0.2) is 0 Å². The molecule has 0 aromatic heterocycles. The van der Waals surface area contributed by atoms with Crippen molar-refractivity contribution in [1.29, 1.82) is 0 Å². The summed E-state index contributed by atoms with van der Waals surface area (Å²) >= 11 is 0. The molecule has 4 N–H and O–H groups in total. The van der Waals surface area contributed by atoms with Crippen molar-refractivity contribution in [2.24, 2.45) is 5.73 Å². The number of hydrogen-bond acceptors (Lipinski definition) is 4. The van der Waals surface area contributed by atoms with Crippen LogP contribution in [0, 0.1) is 0 Å². The molecular weight excluding hydrogens is 208 g/mol. The number of phenolic OH excluding ortho intramolecular Hbond substituents is 1. The molecule has 5 nitrogen and oxygen atoms in total. The Balaban J connectivity index is 2.07. The maximum absolute atomic E-state index is 10.3. The number of benzene rings is 1. The number of hydrogen-bond donors (Lipinski definition) is 3. The second kappa shape index (κ2) is 6.81. The van der Waals surface area contributed by atoms with Crippen molar-refractivity contribution in [2.75, 3.05) is 19.8 Å². The first-order chi connectivity index (χ1) is 7.68. The largest absolute Gasteiger partial charge is 0.508 e. The van der Waals surface area contributed by atoms with E-state index in [9.17, 15) is 4.79 Å². The third-order valence-corrected chi connectivity index (χ3v) is 1.93. The molecule has 0 aliphatic carbocycles. The Morgan fingerprint density at radius 2 is 2.06 bits per heavy atom. The molecule has 0 heterocycles. The van der Waals surface area contributed by atoms with E-state index in [1.165, 1.54) is 0 Å². The van der Waals surface area contributed by atoms with Crippen LogP contribution in [0.15, 0.2) is 24.3 Å². The number of nitrogens with two attached hydrogens (primary N) is 1. The molecule has 0 atom stereocenters. The average molecular weight is 224 g/mol. The Morgan fingerprint density at radius 1 is 1.38 bits per heavy atom. The number of nitrogens with one attached hydrogen (secondary N) is 1. The first-order valence-electron chi connectivity index (χ1n) is 5.03. The Kier molecular flexibility index (Phi) is 5.31. The highest BCUT2D eigenvalue weighted by atomic mass is 16.5. The standard InChI is InChI=1S/C11H16N2O3/c12-11(15)8-16-6-5-13-7-9-1-3-10(14)4-2-9/h1-4,13-14H,5-8H2,(H2,12,15). The highest BCUT2D eigenvalue weighted by Gasteiger charge is 1.95. The van der Waals surface area contributed by atoms with E-state index in [1.807, 2.05) is 12.1 Å². The lowest BCUT2D eigenvalue weighted by molar-refractivity contribution is -0.122. The van der Waals surface area contributed by atoms with Crippen LogP contribution >= 0.6 is 0 Å². The second-order valence-electron chi connectivity index (χ2n) is 3.36. The molecule has 0 spiro atoms. The van der Waals surface area contributed by atoms with E-state index in [-0.39, 0.29) is 12.4 Å². The van der Waals surface area contributed by atoms with Crippen LogP contribution in [0.4, 0.5) is 0 Å². The van der Waals surface area contributed by atoms with E-state index >= 15 is 0 Å². The first-order valence-corrected chi connectivity index (χ1v) is 5.03. The van der Waals surface area contributed by atoms with Gasteiger partial charge < -0.3 is 20.9 Å². The van der Waals surface area contributed by atoms with E-state index < -0.39 is 5.91 Å². The highest BCUT2D eigenvalue weighted by molar-refractivity contribution is 5.74. The minimum Gasteiger partial charge on any atom is -0.508 e. The van der Waals surface area contributed by atoms with Crippen LogP contribution in [0.2, 0.25) is 0 Å². The maximum Gasteiger partial charge on any atom is 0.243 e. The van der Waals surface area contributed by atoms with Crippen LogP contribution in [0.1, 0.15) is 5.56 Å². The Labute approximate surface area is 94.2 Å². The molecule has 0 aliphatic heterocycles. The zero-order valence-corrected chi connectivity index (χ0v) is 8.98. The van der Waals surface area contributed by atoms with Gasteiger partial charge in [-0.3, -0.25) is 4.79 Å². The quantitative estimate of drug-likeness (QED) is 0.568. The minimum absolute atomic E-state index is 0.0408. The van der Waals surface area contributed by atoms with E-state index in [0.717, 1.165) is 5.56 Å². The molecule has 1 rings (SSSR count). The number of carbonyl (C=O) groups excluding carboxylic acids is 1. The zero-order chi connectivity index (χ0) is 11.8. The lowest BCUT2D eigenvalue weighted by Crippen LogP contribution is -2.23. The van der Waals surface area contributed by atoms with Crippen LogP contribution in [0.25, 0.3) is 0 Å². The van der Waals surface area contributed by atoms with Crippen molar-refractivity contribution in [3.63, 3.8) is 0 Å². The van der Waals surface area contributed by atoms with Gasteiger partial charge in [-0.1, -0.05) is 12.1 Å². The fourth-order valence-corrected chi connectivity index (χ4v) is 1.16. The molecule has 0 bridgehead atoms. The van der Waals surface area contributed by atoms with Gasteiger partial charge in [-0.15, -0.1) is 0 Å². The van der Waals surface area contributed by atoms with Crippen molar-refractivity contribution in [3.8, 4) is 5.75 Å². The fourth-order valence-electron chi connectivity index (χ4n) is 1.16. The average Bonchev–Trinajstić information content (AvgIpc) is 2.25. The van der Waals surface area contributed by atoms with Gasteiger partial charge in [-0.2, -0.15) is 0 Å². The van der Waals surface area contributed by atoms with E-state index in [0.29, 0.717) is 19.7 Å². The highest BCUT2D eigenvalue weighted by Crippen LogP contribution is 2.08. The number of carbonyl (C=O) groups is 1. The predicted molar refractivity (Wildman–Crippen MR) is 59.8 cm³/mol. The Morgan fingerprint density at radius 3 is 2.69 bits per heavy atom. The number of phenols is 1. The summed E-state index contributed by atoms with van der Waals surface area (Å²) in [7, 11) is 0. The van der Waals surface area contributed by atoms with Gasteiger partial charge in [0.15, 0.2) is 0 Å². The number of primary amides is 1. The van der Waals surface area contributed by atoms with Gasteiger partial charge in [0.05, 0.1) is 6.61 Å². The van der Waals surface area contributed by atoms with E-state index in [2.05, 4.69) is 5.32 Å². The van der Waals surface area contributed by atoms with Crippen LogP contribution in [-0.4, -0.2) is 30.8 Å². The van der Waals surface area contributed by atoms with Crippen molar-refractivity contribution in [3.05, 3.63) is 29.8 Å². The summed E-state index contributed by atoms with van der Waals surface area (Å²) in [5, 5.41) is 12.2. The molecule has 1 aromatic carbocycles. The summed E-state index contributed by atoms with van der Waals surface area (Å²) in [6.07, 6.45) is 0. The van der Waals surface area contributed by atoms with Crippen molar-refractivity contribution in [2.45, 2.75) is 6.54 Å². The molecule has 0 fully saturated rings. The summed E-state index contributed by atoms with van der Waals surface area (Å²) in [6, 6.07) is 6.96. The van der Waals surface area contributed by atoms with Gasteiger partial charge in [0.2, 0.25) is 5.91 Å². The molecule has 0 aliphatic rings. The number of ether oxygens (including phenoxy) is 1. The SMILES string of the molecule is NC(=O)COCCNCc1ccc(O)cc1. The molecule has 88 valence electrons. The lowest BCUT2D eigenvalue weighted by atomic mass is 10.2. The topological polar surface area (TPSA) is 84.6 Å². The summed E-state index contributed by atoms with van der Waals surface area (Å²) in [5.74, 6) is -0.202. The Hall–Kier alpha value is -1.59.